The van der Waals surface area contributed by atoms with Gasteiger partial charge in [-0.05, 0) is 54.2 Å². The summed E-state index contributed by atoms with van der Waals surface area (Å²) < 4.78 is 46.3. The lowest BCUT2D eigenvalue weighted by molar-refractivity contribution is -0.137. The fourth-order valence-corrected chi connectivity index (χ4v) is 3.01. The molecule has 0 spiro atoms. The van der Waals surface area contributed by atoms with Crippen LogP contribution in [0, 0.1) is 0 Å². The van der Waals surface area contributed by atoms with Gasteiger partial charge in [0.15, 0.2) is 5.65 Å². The van der Waals surface area contributed by atoms with Crippen molar-refractivity contribution in [3.63, 3.8) is 0 Å². The van der Waals surface area contributed by atoms with E-state index in [2.05, 4.69) is 10.2 Å². The van der Waals surface area contributed by atoms with Crippen LogP contribution in [0.15, 0.2) is 36.8 Å². The molecule has 0 atom stereocenters. The number of benzene rings is 1. The van der Waals surface area contributed by atoms with E-state index in [9.17, 15) is 13.2 Å². The van der Waals surface area contributed by atoms with Crippen LogP contribution >= 0.6 is 11.6 Å². The third-order valence-electron chi connectivity index (χ3n) is 4.21. The van der Waals surface area contributed by atoms with Crippen LogP contribution in [-0.2, 0) is 12.8 Å². The molecule has 2 aromatic heterocycles. The summed E-state index contributed by atoms with van der Waals surface area (Å²) in [4.78, 5) is 0. The summed E-state index contributed by atoms with van der Waals surface area (Å²) in [6.07, 6.45) is 1.27. The SMILES string of the molecule is FC(F)(F)c1cc(OCc2cc3nncn3cc2C2CC2)ccc1Cl. The predicted octanol–water partition coefficient (Wildman–Crippen LogP) is 4.86. The second-order valence-corrected chi connectivity index (χ2v) is 6.46. The highest BCUT2D eigenvalue weighted by atomic mass is 35.5. The van der Waals surface area contributed by atoms with Crippen LogP contribution in [0.4, 0.5) is 13.2 Å². The standard InChI is InChI=1S/C17H13ClF3N3O/c18-15-4-3-12(6-14(15)17(19,20)21)25-8-11-5-16-23-22-9-24(16)7-13(11)10-1-2-10/h3-7,9-10H,1-2,8H2. The maximum Gasteiger partial charge on any atom is 0.417 e. The number of hydrogen-bond donors (Lipinski definition) is 0. The quantitative estimate of drug-likeness (QED) is 0.661. The number of nitrogens with zero attached hydrogens (tertiary/aromatic N) is 3. The Morgan fingerprint density at radius 3 is 2.76 bits per heavy atom. The lowest BCUT2D eigenvalue weighted by Gasteiger charge is -2.14. The molecule has 4 rings (SSSR count). The number of halogens is 4. The number of fused-ring (bicyclic) bond motifs is 1. The zero-order valence-corrected chi connectivity index (χ0v) is 13.7. The van der Waals surface area contributed by atoms with Crippen LogP contribution < -0.4 is 4.74 Å². The van der Waals surface area contributed by atoms with E-state index in [1.165, 1.54) is 12.1 Å². The Morgan fingerprint density at radius 2 is 2.04 bits per heavy atom. The van der Waals surface area contributed by atoms with Crippen LogP contribution in [-0.4, -0.2) is 14.6 Å². The van der Waals surface area contributed by atoms with Gasteiger partial charge in [0.05, 0.1) is 10.6 Å². The molecule has 1 aliphatic carbocycles. The van der Waals surface area contributed by atoms with Crippen LogP contribution in [0.25, 0.3) is 5.65 Å². The van der Waals surface area contributed by atoms with Gasteiger partial charge in [-0.2, -0.15) is 13.2 Å². The molecule has 0 unspecified atom stereocenters. The Balaban J connectivity index is 1.61. The van der Waals surface area contributed by atoms with Crippen molar-refractivity contribution in [2.24, 2.45) is 0 Å². The summed E-state index contributed by atoms with van der Waals surface area (Å²) in [7, 11) is 0. The molecule has 0 amide bonds. The van der Waals surface area contributed by atoms with Gasteiger partial charge in [0.25, 0.3) is 0 Å². The van der Waals surface area contributed by atoms with E-state index in [1.54, 1.807) is 6.33 Å². The third-order valence-corrected chi connectivity index (χ3v) is 4.54. The summed E-state index contributed by atoms with van der Waals surface area (Å²) >= 11 is 5.63. The van der Waals surface area contributed by atoms with Crippen molar-refractivity contribution in [2.75, 3.05) is 0 Å². The predicted molar refractivity (Wildman–Crippen MR) is 85.7 cm³/mol. The number of alkyl halides is 3. The number of ether oxygens (including phenoxy) is 1. The monoisotopic (exact) mass is 367 g/mol. The fraction of sp³-hybridized carbons (Fsp3) is 0.294. The van der Waals surface area contributed by atoms with E-state index >= 15 is 0 Å². The lowest BCUT2D eigenvalue weighted by atomic mass is 10.1. The van der Waals surface area contributed by atoms with Crippen molar-refractivity contribution < 1.29 is 17.9 Å². The van der Waals surface area contributed by atoms with Gasteiger partial charge in [-0.25, -0.2) is 0 Å². The molecule has 0 saturated heterocycles. The van der Waals surface area contributed by atoms with Crippen molar-refractivity contribution in [1.29, 1.82) is 0 Å². The number of hydrogen-bond acceptors (Lipinski definition) is 3. The Labute approximate surface area is 146 Å². The fourth-order valence-electron chi connectivity index (χ4n) is 2.79. The van der Waals surface area contributed by atoms with Crippen LogP contribution in [0.1, 0.15) is 35.4 Å². The Bertz CT molecular complexity index is 935. The summed E-state index contributed by atoms with van der Waals surface area (Å²) in [6, 6.07) is 5.42. The highest BCUT2D eigenvalue weighted by Gasteiger charge is 2.33. The summed E-state index contributed by atoms with van der Waals surface area (Å²) in [5, 5.41) is 7.52. The molecular formula is C17H13ClF3N3O. The molecule has 25 heavy (non-hydrogen) atoms. The first-order chi connectivity index (χ1) is 11.9. The van der Waals surface area contributed by atoms with E-state index in [-0.39, 0.29) is 17.4 Å². The first kappa shape index (κ1) is 16.2. The van der Waals surface area contributed by atoms with Crippen LogP contribution in [0.2, 0.25) is 5.02 Å². The van der Waals surface area contributed by atoms with Crippen molar-refractivity contribution in [2.45, 2.75) is 31.5 Å². The molecule has 8 heteroatoms. The summed E-state index contributed by atoms with van der Waals surface area (Å²) in [6.45, 7) is 0.161. The molecule has 0 radical (unpaired) electrons. The average molecular weight is 368 g/mol. The molecule has 1 saturated carbocycles. The second kappa shape index (κ2) is 5.91. The van der Waals surface area contributed by atoms with Gasteiger partial charge in [0.2, 0.25) is 0 Å². The molecule has 0 aliphatic heterocycles. The maximum absolute atomic E-state index is 13.0. The molecule has 3 aromatic rings. The first-order valence-corrected chi connectivity index (χ1v) is 8.11. The number of aromatic nitrogens is 3. The van der Waals surface area contributed by atoms with E-state index in [0.29, 0.717) is 11.6 Å². The molecule has 130 valence electrons. The van der Waals surface area contributed by atoms with Crippen molar-refractivity contribution >= 4 is 17.2 Å². The lowest BCUT2D eigenvalue weighted by Crippen LogP contribution is -2.07. The van der Waals surface area contributed by atoms with Gasteiger partial charge in [-0.3, -0.25) is 4.40 Å². The van der Waals surface area contributed by atoms with Gasteiger partial charge < -0.3 is 4.74 Å². The van der Waals surface area contributed by atoms with Gasteiger partial charge in [0, 0.05) is 6.20 Å². The van der Waals surface area contributed by atoms with Gasteiger partial charge >= 0.3 is 6.18 Å². The summed E-state index contributed by atoms with van der Waals surface area (Å²) in [5.41, 5.74) is 1.81. The minimum atomic E-state index is -4.52. The van der Waals surface area contributed by atoms with Crippen molar-refractivity contribution in [3.8, 4) is 5.75 Å². The second-order valence-electron chi connectivity index (χ2n) is 6.05. The molecule has 1 fully saturated rings. The smallest absolute Gasteiger partial charge is 0.417 e. The minimum absolute atomic E-state index is 0.125. The van der Waals surface area contributed by atoms with Crippen LogP contribution in [0.5, 0.6) is 5.75 Å². The third kappa shape index (κ3) is 3.28. The highest BCUT2D eigenvalue weighted by molar-refractivity contribution is 6.31. The minimum Gasteiger partial charge on any atom is -0.489 e. The zero-order valence-electron chi connectivity index (χ0n) is 12.9. The Hall–Kier alpha value is -2.28. The molecule has 0 bridgehead atoms. The van der Waals surface area contributed by atoms with Crippen LogP contribution in [0.3, 0.4) is 0 Å². The largest absolute Gasteiger partial charge is 0.489 e. The van der Waals surface area contributed by atoms with Crippen molar-refractivity contribution in [3.05, 3.63) is 58.5 Å². The van der Waals surface area contributed by atoms with Gasteiger partial charge in [0.1, 0.15) is 18.7 Å². The Morgan fingerprint density at radius 1 is 1.24 bits per heavy atom. The molecular weight excluding hydrogens is 355 g/mol. The zero-order chi connectivity index (χ0) is 17.6. The molecule has 4 nitrogen and oxygen atoms in total. The first-order valence-electron chi connectivity index (χ1n) is 7.73. The molecule has 1 aromatic carbocycles. The Kier molecular flexibility index (Phi) is 3.83. The van der Waals surface area contributed by atoms with E-state index in [4.69, 9.17) is 16.3 Å². The van der Waals surface area contributed by atoms with Gasteiger partial charge in [-0.1, -0.05) is 11.6 Å². The average Bonchev–Trinajstić information content (AvgIpc) is 3.30. The maximum atomic E-state index is 13.0. The normalized spacial score (nSPS) is 14.9. The van der Waals surface area contributed by atoms with E-state index in [0.717, 1.165) is 30.0 Å². The van der Waals surface area contributed by atoms with E-state index < -0.39 is 11.7 Å². The topological polar surface area (TPSA) is 39.4 Å². The molecule has 0 N–H and O–H groups in total. The number of rotatable bonds is 4. The molecule has 2 heterocycles. The van der Waals surface area contributed by atoms with Gasteiger partial charge in [-0.15, -0.1) is 10.2 Å². The summed E-state index contributed by atoms with van der Waals surface area (Å²) in [5.74, 6) is 0.584. The molecule has 1 aliphatic rings. The van der Waals surface area contributed by atoms with Crippen molar-refractivity contribution in [1.82, 2.24) is 14.6 Å². The number of pyridine rings is 1. The van der Waals surface area contributed by atoms with E-state index in [1.807, 2.05) is 16.7 Å². The highest BCUT2D eigenvalue weighted by Crippen LogP contribution is 2.42.